The van der Waals surface area contributed by atoms with E-state index in [1.54, 1.807) is 0 Å². The van der Waals surface area contributed by atoms with Crippen LogP contribution in [0.15, 0.2) is 72.4 Å². The first-order valence-electron chi connectivity index (χ1n) is 12.0. The minimum absolute atomic E-state index is 0.239. The number of hydrogen-bond acceptors (Lipinski definition) is 3. The number of amides is 2. The van der Waals surface area contributed by atoms with Crippen molar-refractivity contribution < 1.29 is 9.59 Å². The summed E-state index contributed by atoms with van der Waals surface area (Å²) in [5, 5.41) is 0. The van der Waals surface area contributed by atoms with E-state index in [1.807, 2.05) is 56.3 Å². The average Bonchev–Trinajstić information content (AvgIpc) is 3.08. The zero-order chi connectivity index (χ0) is 24.0. The zero-order valence-corrected chi connectivity index (χ0v) is 20.3. The molecule has 0 bridgehead atoms. The maximum Gasteiger partial charge on any atom is 0.282 e. The van der Waals surface area contributed by atoms with Crippen LogP contribution in [0.3, 0.4) is 0 Å². The molecule has 2 aliphatic rings. The minimum atomic E-state index is -0.247. The molecule has 5 rings (SSSR count). The van der Waals surface area contributed by atoms with Crippen LogP contribution in [0.2, 0.25) is 0 Å². The van der Waals surface area contributed by atoms with Gasteiger partial charge in [0, 0.05) is 13.1 Å². The molecule has 2 heterocycles. The van der Waals surface area contributed by atoms with Crippen LogP contribution < -0.4 is 4.90 Å². The van der Waals surface area contributed by atoms with E-state index in [4.69, 9.17) is 0 Å². The standard InChI is InChI=1S/C30H30N2O2/c1-19(2)22-10-12-25(13-11-22)32-29(33)27(26-14-9-20(3)17-21(26)4)28(30(32)34)31-16-15-23-7-5-6-8-24(23)18-31/h5-14,17,19H,15-16,18H2,1-4H3. The van der Waals surface area contributed by atoms with E-state index in [0.717, 1.165) is 23.1 Å². The van der Waals surface area contributed by atoms with Crippen LogP contribution in [0, 0.1) is 13.8 Å². The molecule has 0 aromatic heterocycles. The van der Waals surface area contributed by atoms with Crippen LogP contribution >= 0.6 is 0 Å². The summed E-state index contributed by atoms with van der Waals surface area (Å²) >= 11 is 0. The van der Waals surface area contributed by atoms with E-state index < -0.39 is 0 Å². The lowest BCUT2D eigenvalue weighted by molar-refractivity contribution is -0.120. The highest BCUT2D eigenvalue weighted by molar-refractivity contribution is 6.45. The number of benzene rings is 3. The van der Waals surface area contributed by atoms with Crippen molar-refractivity contribution in [3.63, 3.8) is 0 Å². The van der Waals surface area contributed by atoms with Crippen LogP contribution in [0.5, 0.6) is 0 Å². The molecule has 0 radical (unpaired) electrons. The average molecular weight is 451 g/mol. The Labute approximate surface area is 201 Å². The lowest BCUT2D eigenvalue weighted by Crippen LogP contribution is -2.37. The third kappa shape index (κ3) is 3.73. The summed E-state index contributed by atoms with van der Waals surface area (Å²) in [6.07, 6.45) is 0.852. The van der Waals surface area contributed by atoms with E-state index in [-0.39, 0.29) is 11.8 Å². The summed E-state index contributed by atoms with van der Waals surface area (Å²) in [6.45, 7) is 9.65. The molecule has 0 fully saturated rings. The molecule has 4 nitrogen and oxygen atoms in total. The van der Waals surface area contributed by atoms with Gasteiger partial charge in [0.25, 0.3) is 11.8 Å². The molecule has 172 valence electrons. The summed E-state index contributed by atoms with van der Waals surface area (Å²) in [5.41, 5.74) is 8.31. The second-order valence-corrected chi connectivity index (χ2v) is 9.67. The monoisotopic (exact) mass is 450 g/mol. The highest BCUT2D eigenvalue weighted by Gasteiger charge is 2.43. The fourth-order valence-corrected chi connectivity index (χ4v) is 5.08. The molecule has 0 N–H and O–H groups in total. The van der Waals surface area contributed by atoms with Crippen molar-refractivity contribution >= 4 is 23.1 Å². The number of hydrogen-bond donors (Lipinski definition) is 0. The smallest absolute Gasteiger partial charge is 0.282 e. The van der Waals surface area contributed by atoms with Crippen molar-refractivity contribution in [3.05, 3.63) is 106 Å². The van der Waals surface area contributed by atoms with Crippen LogP contribution in [-0.4, -0.2) is 23.3 Å². The van der Waals surface area contributed by atoms with Gasteiger partial charge in [-0.2, -0.15) is 0 Å². The molecule has 2 amide bonds. The fraction of sp³-hybridized carbons (Fsp3) is 0.267. The van der Waals surface area contributed by atoms with Gasteiger partial charge >= 0.3 is 0 Å². The zero-order valence-electron chi connectivity index (χ0n) is 20.3. The highest BCUT2D eigenvalue weighted by Crippen LogP contribution is 2.38. The Hall–Kier alpha value is -3.66. The number of aryl methyl sites for hydroxylation is 2. The summed E-state index contributed by atoms with van der Waals surface area (Å²) in [6, 6.07) is 22.2. The Kier molecular flexibility index (Phi) is 5.60. The Morgan fingerprint density at radius 2 is 1.53 bits per heavy atom. The van der Waals surface area contributed by atoms with Crippen molar-refractivity contribution in [2.45, 2.75) is 46.6 Å². The third-order valence-electron chi connectivity index (χ3n) is 6.98. The van der Waals surface area contributed by atoms with Crippen LogP contribution in [0.4, 0.5) is 5.69 Å². The minimum Gasteiger partial charge on any atom is -0.362 e. The predicted octanol–water partition coefficient (Wildman–Crippen LogP) is 5.77. The summed E-state index contributed by atoms with van der Waals surface area (Å²) < 4.78 is 0. The van der Waals surface area contributed by atoms with E-state index in [2.05, 4.69) is 43.0 Å². The normalized spacial score (nSPS) is 16.0. The Bertz CT molecular complexity index is 1320. The molecule has 3 aromatic rings. The van der Waals surface area contributed by atoms with Gasteiger partial charge in [0.1, 0.15) is 5.70 Å². The van der Waals surface area contributed by atoms with Gasteiger partial charge in [-0.1, -0.05) is 74.0 Å². The molecular weight excluding hydrogens is 420 g/mol. The fourth-order valence-electron chi connectivity index (χ4n) is 5.08. The van der Waals surface area contributed by atoms with Gasteiger partial charge in [0.05, 0.1) is 11.3 Å². The van der Waals surface area contributed by atoms with Gasteiger partial charge in [-0.25, -0.2) is 4.90 Å². The Balaban J connectivity index is 1.61. The molecule has 34 heavy (non-hydrogen) atoms. The van der Waals surface area contributed by atoms with Gasteiger partial charge in [0.2, 0.25) is 0 Å². The predicted molar refractivity (Wildman–Crippen MR) is 136 cm³/mol. The number of carbonyl (C=O) groups is 2. The Morgan fingerprint density at radius 3 is 2.21 bits per heavy atom. The number of nitrogens with zero attached hydrogens (tertiary/aromatic N) is 2. The maximum absolute atomic E-state index is 13.9. The first-order chi connectivity index (χ1) is 16.3. The van der Waals surface area contributed by atoms with Crippen molar-refractivity contribution in [2.24, 2.45) is 0 Å². The van der Waals surface area contributed by atoms with Gasteiger partial charge < -0.3 is 4.90 Å². The number of rotatable bonds is 4. The lowest BCUT2D eigenvalue weighted by atomic mass is 9.95. The molecule has 0 aliphatic carbocycles. The second-order valence-electron chi connectivity index (χ2n) is 9.67. The first-order valence-corrected chi connectivity index (χ1v) is 12.0. The summed E-state index contributed by atoms with van der Waals surface area (Å²) in [7, 11) is 0. The van der Waals surface area contributed by atoms with Crippen LogP contribution in [-0.2, 0) is 22.6 Å². The van der Waals surface area contributed by atoms with Crippen molar-refractivity contribution in [3.8, 4) is 0 Å². The number of fused-ring (bicyclic) bond motifs is 1. The van der Waals surface area contributed by atoms with E-state index in [9.17, 15) is 9.59 Å². The Morgan fingerprint density at radius 1 is 0.824 bits per heavy atom. The quantitative estimate of drug-likeness (QED) is 0.474. The second kappa shape index (κ2) is 8.60. The van der Waals surface area contributed by atoms with E-state index >= 15 is 0 Å². The molecule has 4 heteroatoms. The molecule has 0 saturated carbocycles. The van der Waals surface area contributed by atoms with Crippen LogP contribution in [0.1, 0.15) is 53.1 Å². The SMILES string of the molecule is Cc1ccc(C2=C(N3CCc4ccccc4C3)C(=O)N(c3ccc(C(C)C)cc3)C2=O)c(C)c1. The molecular formula is C30H30N2O2. The topological polar surface area (TPSA) is 40.6 Å². The van der Waals surface area contributed by atoms with Gasteiger partial charge in [0.15, 0.2) is 0 Å². The third-order valence-corrected chi connectivity index (χ3v) is 6.98. The van der Waals surface area contributed by atoms with E-state index in [0.29, 0.717) is 36.0 Å². The lowest BCUT2D eigenvalue weighted by Gasteiger charge is -2.31. The summed E-state index contributed by atoms with van der Waals surface area (Å²) in [4.78, 5) is 31.3. The summed E-state index contributed by atoms with van der Waals surface area (Å²) in [5.74, 6) is -0.105. The molecule has 2 aliphatic heterocycles. The molecule has 0 saturated heterocycles. The van der Waals surface area contributed by atoms with Gasteiger partial charge in [-0.05, 0) is 66.1 Å². The van der Waals surface area contributed by atoms with Crippen LogP contribution in [0.25, 0.3) is 5.57 Å². The van der Waals surface area contributed by atoms with Crippen molar-refractivity contribution in [1.82, 2.24) is 4.90 Å². The molecule has 0 spiro atoms. The van der Waals surface area contributed by atoms with Crippen molar-refractivity contribution in [1.29, 1.82) is 0 Å². The number of anilines is 1. The molecule has 3 aromatic carbocycles. The maximum atomic E-state index is 13.9. The van der Waals surface area contributed by atoms with Gasteiger partial charge in [-0.3, -0.25) is 9.59 Å². The molecule has 0 unspecified atom stereocenters. The van der Waals surface area contributed by atoms with E-state index in [1.165, 1.54) is 21.6 Å². The van der Waals surface area contributed by atoms with Gasteiger partial charge in [-0.15, -0.1) is 0 Å². The molecule has 0 atom stereocenters. The first kappa shape index (κ1) is 22.1. The number of imide groups is 1. The highest BCUT2D eigenvalue weighted by atomic mass is 16.2. The number of carbonyl (C=O) groups excluding carboxylic acids is 2. The van der Waals surface area contributed by atoms with Crippen molar-refractivity contribution in [2.75, 3.05) is 11.4 Å². The largest absolute Gasteiger partial charge is 0.362 e.